The first kappa shape index (κ1) is 16.1. The van der Waals surface area contributed by atoms with Gasteiger partial charge in [-0.2, -0.15) is 0 Å². The van der Waals surface area contributed by atoms with Gasteiger partial charge in [0.25, 0.3) is 0 Å². The van der Waals surface area contributed by atoms with Crippen LogP contribution in [0.5, 0.6) is 0 Å². The van der Waals surface area contributed by atoms with E-state index in [2.05, 4.69) is 36.9 Å². The van der Waals surface area contributed by atoms with Crippen molar-refractivity contribution >= 4 is 38.7 Å². The lowest BCUT2D eigenvalue weighted by Crippen LogP contribution is -2.50. The summed E-state index contributed by atoms with van der Waals surface area (Å²) >= 11 is 3.48. The van der Waals surface area contributed by atoms with Gasteiger partial charge in [0.1, 0.15) is 6.54 Å². The highest BCUT2D eigenvalue weighted by atomic mass is 79.9. The van der Waals surface area contributed by atoms with Gasteiger partial charge in [0.15, 0.2) is 0 Å². The second kappa shape index (κ2) is 6.84. The van der Waals surface area contributed by atoms with Crippen molar-refractivity contribution in [3.63, 3.8) is 0 Å². The first-order valence-electron chi connectivity index (χ1n) is 8.25. The van der Waals surface area contributed by atoms with Gasteiger partial charge in [0, 0.05) is 60.1 Å². The normalized spacial score (nSPS) is 14.9. The third-order valence-electron chi connectivity index (χ3n) is 4.51. The Morgan fingerprint density at radius 3 is 2.60 bits per heavy atom. The fraction of sp³-hybridized carbons (Fsp3) is 0.278. The van der Waals surface area contributed by atoms with Crippen LogP contribution < -0.4 is 4.90 Å². The molecular weight excluding hydrogens is 382 g/mol. The van der Waals surface area contributed by atoms with Gasteiger partial charge in [-0.1, -0.05) is 15.9 Å². The number of benzene rings is 1. The van der Waals surface area contributed by atoms with Crippen LogP contribution in [0.2, 0.25) is 0 Å². The molecule has 4 rings (SSSR count). The monoisotopic (exact) mass is 399 g/mol. The van der Waals surface area contributed by atoms with E-state index in [4.69, 9.17) is 0 Å². The Kier molecular flexibility index (Phi) is 4.40. The second-order valence-corrected chi connectivity index (χ2v) is 6.98. The van der Waals surface area contributed by atoms with E-state index in [1.165, 1.54) is 0 Å². The summed E-state index contributed by atoms with van der Waals surface area (Å²) in [5.41, 5.74) is 1.08. The number of halogens is 1. The Balaban J connectivity index is 1.40. The molecule has 1 aliphatic rings. The van der Waals surface area contributed by atoms with Crippen LogP contribution in [-0.4, -0.2) is 51.5 Å². The number of hydrogen-bond donors (Lipinski definition) is 0. The lowest BCUT2D eigenvalue weighted by molar-refractivity contribution is -0.132. The van der Waals surface area contributed by atoms with E-state index < -0.39 is 0 Å². The quantitative estimate of drug-likeness (QED) is 0.678. The summed E-state index contributed by atoms with van der Waals surface area (Å²) in [4.78, 5) is 25.3. The SMILES string of the molecule is O=C(Cn1ccc2cc(Br)ccc21)N1CCN(c2ncccn2)CC1. The molecule has 0 unspecified atom stereocenters. The molecule has 2 aromatic heterocycles. The Morgan fingerprint density at radius 1 is 1.08 bits per heavy atom. The Morgan fingerprint density at radius 2 is 1.84 bits per heavy atom. The summed E-state index contributed by atoms with van der Waals surface area (Å²) < 4.78 is 3.06. The summed E-state index contributed by atoms with van der Waals surface area (Å²) in [6.07, 6.45) is 5.47. The van der Waals surface area contributed by atoms with Crippen molar-refractivity contribution in [1.82, 2.24) is 19.4 Å². The number of carbonyl (C=O) groups excluding carboxylic acids is 1. The van der Waals surface area contributed by atoms with Gasteiger partial charge in [-0.15, -0.1) is 0 Å². The van der Waals surface area contributed by atoms with Crippen LogP contribution in [0, 0.1) is 0 Å². The molecule has 128 valence electrons. The predicted molar refractivity (Wildman–Crippen MR) is 100 cm³/mol. The topological polar surface area (TPSA) is 54.3 Å². The van der Waals surface area contributed by atoms with Gasteiger partial charge in [0.05, 0.1) is 0 Å². The second-order valence-electron chi connectivity index (χ2n) is 6.06. The van der Waals surface area contributed by atoms with E-state index in [0.29, 0.717) is 19.6 Å². The maximum absolute atomic E-state index is 12.7. The molecule has 3 heterocycles. The van der Waals surface area contributed by atoms with Crippen LogP contribution >= 0.6 is 15.9 Å². The summed E-state index contributed by atoms with van der Waals surface area (Å²) in [6, 6.07) is 9.95. The van der Waals surface area contributed by atoms with E-state index in [0.717, 1.165) is 34.4 Å². The van der Waals surface area contributed by atoms with Gasteiger partial charge in [-0.3, -0.25) is 4.79 Å². The highest BCUT2D eigenvalue weighted by molar-refractivity contribution is 9.10. The van der Waals surface area contributed by atoms with Crippen LogP contribution in [0.15, 0.2) is 53.4 Å². The molecule has 0 spiro atoms. The van der Waals surface area contributed by atoms with Crippen molar-refractivity contribution in [1.29, 1.82) is 0 Å². The largest absolute Gasteiger partial charge is 0.338 e. The molecule has 1 fully saturated rings. The molecule has 0 aliphatic carbocycles. The van der Waals surface area contributed by atoms with E-state index in [9.17, 15) is 4.79 Å². The number of piperazine rings is 1. The minimum Gasteiger partial charge on any atom is -0.338 e. The molecule has 0 bridgehead atoms. The average Bonchev–Trinajstić information content (AvgIpc) is 3.04. The van der Waals surface area contributed by atoms with E-state index in [-0.39, 0.29) is 5.91 Å². The molecule has 1 saturated heterocycles. The first-order chi connectivity index (χ1) is 12.2. The lowest BCUT2D eigenvalue weighted by Gasteiger charge is -2.34. The summed E-state index contributed by atoms with van der Waals surface area (Å²) in [5.74, 6) is 0.880. The number of amides is 1. The van der Waals surface area contributed by atoms with E-state index >= 15 is 0 Å². The first-order valence-corrected chi connectivity index (χ1v) is 9.04. The smallest absolute Gasteiger partial charge is 0.242 e. The number of fused-ring (bicyclic) bond motifs is 1. The third-order valence-corrected chi connectivity index (χ3v) is 5.00. The minimum atomic E-state index is 0.147. The van der Waals surface area contributed by atoms with Crippen molar-refractivity contribution in [2.75, 3.05) is 31.1 Å². The zero-order chi connectivity index (χ0) is 17.2. The zero-order valence-electron chi connectivity index (χ0n) is 13.7. The lowest BCUT2D eigenvalue weighted by atomic mass is 10.2. The van der Waals surface area contributed by atoms with Crippen molar-refractivity contribution in [3.8, 4) is 0 Å². The van der Waals surface area contributed by atoms with Crippen molar-refractivity contribution in [2.24, 2.45) is 0 Å². The van der Waals surface area contributed by atoms with Gasteiger partial charge in [-0.25, -0.2) is 9.97 Å². The average molecular weight is 400 g/mol. The molecule has 6 nitrogen and oxygen atoms in total. The molecule has 1 aliphatic heterocycles. The number of hydrogen-bond acceptors (Lipinski definition) is 4. The molecule has 3 aromatic rings. The number of rotatable bonds is 3. The van der Waals surface area contributed by atoms with Crippen LogP contribution in [-0.2, 0) is 11.3 Å². The molecule has 0 saturated carbocycles. The van der Waals surface area contributed by atoms with Gasteiger partial charge < -0.3 is 14.4 Å². The Labute approximate surface area is 154 Å². The molecule has 25 heavy (non-hydrogen) atoms. The fourth-order valence-corrected chi connectivity index (χ4v) is 3.54. The highest BCUT2D eigenvalue weighted by Crippen LogP contribution is 2.21. The molecule has 0 radical (unpaired) electrons. The van der Waals surface area contributed by atoms with Gasteiger partial charge in [0.2, 0.25) is 11.9 Å². The van der Waals surface area contributed by atoms with Gasteiger partial charge in [-0.05, 0) is 30.3 Å². The molecule has 1 amide bonds. The Bertz CT molecular complexity index is 887. The van der Waals surface area contributed by atoms with Crippen LogP contribution in [0.3, 0.4) is 0 Å². The fourth-order valence-electron chi connectivity index (χ4n) is 3.16. The van der Waals surface area contributed by atoms with E-state index in [1.807, 2.05) is 39.9 Å². The van der Waals surface area contributed by atoms with Crippen molar-refractivity contribution in [2.45, 2.75) is 6.54 Å². The zero-order valence-corrected chi connectivity index (χ0v) is 15.3. The summed E-state index contributed by atoms with van der Waals surface area (Å²) in [6.45, 7) is 3.28. The minimum absolute atomic E-state index is 0.147. The third kappa shape index (κ3) is 3.37. The predicted octanol–water partition coefficient (Wildman–Crippen LogP) is 2.54. The number of carbonyl (C=O) groups is 1. The number of aromatic nitrogens is 3. The summed E-state index contributed by atoms with van der Waals surface area (Å²) in [5, 5.41) is 1.13. The number of anilines is 1. The molecule has 0 atom stereocenters. The maximum atomic E-state index is 12.7. The summed E-state index contributed by atoms with van der Waals surface area (Å²) in [7, 11) is 0. The highest BCUT2D eigenvalue weighted by Gasteiger charge is 2.22. The number of nitrogens with zero attached hydrogens (tertiary/aromatic N) is 5. The van der Waals surface area contributed by atoms with Crippen LogP contribution in [0.25, 0.3) is 10.9 Å². The van der Waals surface area contributed by atoms with Crippen LogP contribution in [0.1, 0.15) is 0 Å². The van der Waals surface area contributed by atoms with Crippen molar-refractivity contribution < 1.29 is 4.79 Å². The van der Waals surface area contributed by atoms with Crippen LogP contribution in [0.4, 0.5) is 5.95 Å². The molecular formula is C18H18BrN5O. The molecule has 1 aromatic carbocycles. The maximum Gasteiger partial charge on any atom is 0.242 e. The molecule has 0 N–H and O–H groups in total. The van der Waals surface area contributed by atoms with Crippen molar-refractivity contribution in [3.05, 3.63) is 53.4 Å². The Hall–Kier alpha value is -2.41. The van der Waals surface area contributed by atoms with E-state index in [1.54, 1.807) is 12.4 Å². The standard InChI is InChI=1S/C18H18BrN5O/c19-15-2-3-16-14(12-15)4-7-24(16)13-17(25)22-8-10-23(11-9-22)18-20-5-1-6-21-18/h1-7,12H,8-11,13H2. The van der Waals surface area contributed by atoms with Gasteiger partial charge >= 0.3 is 0 Å². The molecule has 7 heteroatoms.